The van der Waals surface area contributed by atoms with Crippen molar-refractivity contribution in [2.24, 2.45) is 5.92 Å². The van der Waals surface area contributed by atoms with E-state index in [4.69, 9.17) is 4.42 Å². The highest BCUT2D eigenvalue weighted by Crippen LogP contribution is 2.45. The Kier molecular flexibility index (Phi) is 3.70. The fourth-order valence-electron chi connectivity index (χ4n) is 2.50. The first-order chi connectivity index (χ1) is 10.5. The summed E-state index contributed by atoms with van der Waals surface area (Å²) in [6.45, 7) is -0.0964. The van der Waals surface area contributed by atoms with Crippen molar-refractivity contribution in [1.82, 2.24) is 5.32 Å². The second kappa shape index (κ2) is 5.53. The van der Waals surface area contributed by atoms with Gasteiger partial charge < -0.3 is 14.8 Å². The van der Waals surface area contributed by atoms with Gasteiger partial charge in [-0.1, -0.05) is 0 Å². The van der Waals surface area contributed by atoms with Gasteiger partial charge in [-0.3, -0.25) is 4.79 Å². The van der Waals surface area contributed by atoms with Crippen molar-refractivity contribution in [1.29, 1.82) is 0 Å². The van der Waals surface area contributed by atoms with Crippen LogP contribution < -0.4 is 5.32 Å². The summed E-state index contributed by atoms with van der Waals surface area (Å²) in [7, 11) is 0. The Morgan fingerprint density at radius 3 is 2.73 bits per heavy atom. The molecule has 0 aliphatic heterocycles. The van der Waals surface area contributed by atoms with Gasteiger partial charge in [0.25, 0.3) is 5.91 Å². The van der Waals surface area contributed by atoms with Crippen LogP contribution in [0.5, 0.6) is 0 Å². The predicted molar refractivity (Wildman–Crippen MR) is 74.0 cm³/mol. The molecule has 0 radical (unpaired) electrons. The zero-order valence-corrected chi connectivity index (χ0v) is 11.7. The predicted octanol–water partition coefficient (Wildman–Crippen LogP) is 2.59. The molecule has 1 heterocycles. The van der Waals surface area contributed by atoms with Crippen LogP contribution in [0.4, 0.5) is 8.78 Å². The van der Waals surface area contributed by atoms with Gasteiger partial charge in [0.2, 0.25) is 0 Å². The van der Waals surface area contributed by atoms with Gasteiger partial charge in [-0.25, -0.2) is 8.78 Å². The van der Waals surface area contributed by atoms with Crippen molar-refractivity contribution in [3.63, 3.8) is 0 Å². The molecule has 116 valence electrons. The van der Waals surface area contributed by atoms with Crippen molar-refractivity contribution >= 4 is 5.91 Å². The molecule has 0 saturated heterocycles. The highest BCUT2D eigenvalue weighted by molar-refractivity contribution is 5.94. The normalized spacial score (nSPS) is 17.0. The lowest BCUT2D eigenvalue weighted by atomic mass is 9.94. The molecule has 1 saturated carbocycles. The van der Waals surface area contributed by atoms with E-state index in [9.17, 15) is 18.7 Å². The van der Waals surface area contributed by atoms with Gasteiger partial charge in [0.15, 0.2) is 0 Å². The summed E-state index contributed by atoms with van der Waals surface area (Å²) in [6, 6.07) is 6.03. The molecule has 1 atom stereocenters. The standard InChI is InChI=1S/C16H15F2NO3/c17-11-5-6-12(13(18)8-11)15(20)19-9-16(21,10-3-4-10)14-2-1-7-22-14/h1-2,5-8,10,21H,3-4,9H2,(H,19,20). The molecule has 3 rings (SSSR count). The van der Waals surface area contributed by atoms with E-state index in [2.05, 4.69) is 5.32 Å². The minimum atomic E-state index is -1.31. The first-order valence-electron chi connectivity index (χ1n) is 7.00. The molecule has 4 nitrogen and oxygen atoms in total. The van der Waals surface area contributed by atoms with Crippen LogP contribution in [0.15, 0.2) is 41.0 Å². The number of carbonyl (C=O) groups is 1. The molecule has 0 bridgehead atoms. The number of carbonyl (C=O) groups excluding carboxylic acids is 1. The Balaban J connectivity index is 1.74. The Morgan fingerprint density at radius 2 is 2.14 bits per heavy atom. The SMILES string of the molecule is O=C(NCC(O)(c1ccco1)C1CC1)c1ccc(F)cc1F. The summed E-state index contributed by atoms with van der Waals surface area (Å²) in [5.74, 6) is -2.03. The molecule has 1 unspecified atom stereocenters. The van der Waals surface area contributed by atoms with Gasteiger partial charge in [-0.2, -0.15) is 0 Å². The molecule has 0 spiro atoms. The number of rotatable bonds is 5. The van der Waals surface area contributed by atoms with Gasteiger partial charge in [0.05, 0.1) is 18.4 Å². The number of hydrogen-bond donors (Lipinski definition) is 2. The molecule has 6 heteroatoms. The van der Waals surface area contributed by atoms with E-state index < -0.39 is 23.1 Å². The number of aliphatic hydroxyl groups is 1. The van der Waals surface area contributed by atoms with Crippen LogP contribution in [-0.4, -0.2) is 17.6 Å². The number of halogens is 2. The molecule has 22 heavy (non-hydrogen) atoms. The molecule has 1 aromatic carbocycles. The minimum absolute atomic E-state index is 0.00276. The third-order valence-corrected chi connectivity index (χ3v) is 3.89. The lowest BCUT2D eigenvalue weighted by Crippen LogP contribution is -2.42. The Morgan fingerprint density at radius 1 is 1.36 bits per heavy atom. The van der Waals surface area contributed by atoms with Crippen molar-refractivity contribution in [3.8, 4) is 0 Å². The summed E-state index contributed by atoms with van der Waals surface area (Å²) >= 11 is 0. The summed E-state index contributed by atoms with van der Waals surface area (Å²) in [5, 5.41) is 13.3. The van der Waals surface area contributed by atoms with E-state index in [-0.39, 0.29) is 18.0 Å². The highest BCUT2D eigenvalue weighted by atomic mass is 19.1. The quantitative estimate of drug-likeness (QED) is 0.892. The van der Waals surface area contributed by atoms with Gasteiger partial charge in [0.1, 0.15) is 23.0 Å². The first-order valence-corrected chi connectivity index (χ1v) is 7.00. The smallest absolute Gasteiger partial charge is 0.254 e. The van der Waals surface area contributed by atoms with Crippen LogP contribution >= 0.6 is 0 Å². The van der Waals surface area contributed by atoms with Crippen molar-refractivity contribution < 1.29 is 23.1 Å². The Bertz CT molecular complexity index is 683. The maximum atomic E-state index is 13.6. The largest absolute Gasteiger partial charge is 0.466 e. The second-order valence-electron chi connectivity index (χ2n) is 5.48. The van der Waals surface area contributed by atoms with Crippen LogP contribution in [0, 0.1) is 17.6 Å². The van der Waals surface area contributed by atoms with Crippen LogP contribution in [0.2, 0.25) is 0 Å². The summed E-state index contributed by atoms with van der Waals surface area (Å²) in [5.41, 5.74) is -1.57. The van der Waals surface area contributed by atoms with E-state index >= 15 is 0 Å². The van der Waals surface area contributed by atoms with Crippen LogP contribution in [-0.2, 0) is 5.60 Å². The van der Waals surface area contributed by atoms with E-state index in [1.165, 1.54) is 6.26 Å². The average Bonchev–Trinajstić information content (AvgIpc) is 3.20. The van der Waals surface area contributed by atoms with Gasteiger partial charge in [0, 0.05) is 6.07 Å². The van der Waals surface area contributed by atoms with Crippen molar-refractivity contribution in [2.45, 2.75) is 18.4 Å². The van der Waals surface area contributed by atoms with Gasteiger partial charge >= 0.3 is 0 Å². The van der Waals surface area contributed by atoms with E-state index in [0.717, 1.165) is 25.0 Å². The van der Waals surface area contributed by atoms with Crippen LogP contribution in [0.3, 0.4) is 0 Å². The Labute approximate surface area is 125 Å². The van der Waals surface area contributed by atoms with Crippen molar-refractivity contribution in [3.05, 3.63) is 59.6 Å². The molecule has 2 aromatic rings. The van der Waals surface area contributed by atoms with Crippen LogP contribution in [0.1, 0.15) is 29.0 Å². The number of hydrogen-bond acceptors (Lipinski definition) is 3. The van der Waals surface area contributed by atoms with E-state index in [1.54, 1.807) is 12.1 Å². The third-order valence-electron chi connectivity index (χ3n) is 3.89. The van der Waals surface area contributed by atoms with E-state index in [0.29, 0.717) is 11.8 Å². The minimum Gasteiger partial charge on any atom is -0.466 e. The zero-order chi connectivity index (χ0) is 15.7. The monoisotopic (exact) mass is 307 g/mol. The molecule has 1 amide bonds. The highest BCUT2D eigenvalue weighted by Gasteiger charge is 2.47. The summed E-state index contributed by atoms with van der Waals surface area (Å²) in [6.07, 6.45) is 3.11. The summed E-state index contributed by atoms with van der Waals surface area (Å²) < 4.78 is 31.7. The number of furan rings is 1. The molecular formula is C16H15F2NO3. The molecule has 2 N–H and O–H groups in total. The van der Waals surface area contributed by atoms with Gasteiger partial charge in [-0.15, -0.1) is 0 Å². The number of nitrogens with one attached hydrogen (secondary N) is 1. The fourth-order valence-corrected chi connectivity index (χ4v) is 2.50. The Hall–Kier alpha value is -2.21. The van der Waals surface area contributed by atoms with E-state index in [1.807, 2.05) is 0 Å². The molecule has 1 aliphatic rings. The third kappa shape index (κ3) is 2.74. The topological polar surface area (TPSA) is 62.5 Å². The van der Waals surface area contributed by atoms with Crippen molar-refractivity contribution in [2.75, 3.05) is 6.54 Å². The number of amides is 1. The maximum absolute atomic E-state index is 13.6. The number of benzene rings is 1. The van der Waals surface area contributed by atoms with Crippen LogP contribution in [0.25, 0.3) is 0 Å². The molecular weight excluding hydrogens is 292 g/mol. The lowest BCUT2D eigenvalue weighted by Gasteiger charge is -2.26. The molecule has 1 aliphatic carbocycles. The lowest BCUT2D eigenvalue weighted by molar-refractivity contribution is -0.00614. The molecule has 1 aromatic heterocycles. The second-order valence-corrected chi connectivity index (χ2v) is 5.48. The zero-order valence-electron chi connectivity index (χ0n) is 11.7. The van der Waals surface area contributed by atoms with Gasteiger partial charge in [-0.05, 0) is 43.0 Å². The summed E-state index contributed by atoms with van der Waals surface area (Å²) in [4.78, 5) is 12.0. The molecule has 1 fully saturated rings. The average molecular weight is 307 g/mol. The fraction of sp³-hybridized carbons (Fsp3) is 0.312. The maximum Gasteiger partial charge on any atom is 0.254 e. The first kappa shape index (κ1) is 14.7.